The van der Waals surface area contributed by atoms with Gasteiger partial charge in [0.05, 0.1) is 0 Å². The second-order valence-electron chi connectivity index (χ2n) is 4.54. The zero-order chi connectivity index (χ0) is 11.9. The van der Waals surface area contributed by atoms with Crippen molar-refractivity contribution in [1.82, 2.24) is 4.90 Å². The van der Waals surface area contributed by atoms with Gasteiger partial charge in [0.2, 0.25) is 0 Å². The molecule has 1 aromatic rings. The molecule has 0 N–H and O–H groups in total. The number of piperidine rings is 1. The Hall–Kier alpha value is -1.28. The third kappa shape index (κ3) is 3.60. The lowest BCUT2D eigenvalue weighted by molar-refractivity contribution is 0.217. The van der Waals surface area contributed by atoms with Crippen LogP contribution in [0.3, 0.4) is 0 Å². The molecule has 2 nitrogen and oxygen atoms in total. The molecule has 1 aliphatic heterocycles. The van der Waals surface area contributed by atoms with E-state index in [1.165, 1.54) is 37.9 Å². The quantitative estimate of drug-likeness (QED) is 0.721. The Balaban J connectivity index is 2.00. The number of benzene rings is 1. The summed E-state index contributed by atoms with van der Waals surface area (Å²) >= 11 is 0. The van der Waals surface area contributed by atoms with Crippen molar-refractivity contribution in [3.8, 4) is 5.75 Å². The molecule has 1 heterocycles. The van der Waals surface area contributed by atoms with E-state index in [0.717, 1.165) is 12.3 Å². The van der Waals surface area contributed by atoms with E-state index in [4.69, 9.17) is 4.74 Å². The summed E-state index contributed by atoms with van der Waals surface area (Å²) in [5.41, 5.74) is 1.29. The minimum atomic E-state index is 0.580. The number of ether oxygens (including phenoxy) is 1. The third-order valence-corrected chi connectivity index (χ3v) is 3.17. The van der Waals surface area contributed by atoms with Gasteiger partial charge in [-0.15, -0.1) is 0 Å². The summed E-state index contributed by atoms with van der Waals surface area (Å²) in [6.45, 7) is 7.71. The van der Waals surface area contributed by atoms with E-state index in [1.807, 2.05) is 12.1 Å². The van der Waals surface area contributed by atoms with Crippen molar-refractivity contribution >= 4 is 0 Å². The first-order chi connectivity index (χ1) is 8.40. The normalized spacial score (nSPS) is 16.7. The van der Waals surface area contributed by atoms with Gasteiger partial charge in [-0.2, -0.15) is 0 Å². The molecule has 0 radical (unpaired) electrons. The summed E-state index contributed by atoms with van der Waals surface area (Å²) < 4.78 is 5.68. The molecule has 0 unspecified atom stereocenters. The van der Waals surface area contributed by atoms with Gasteiger partial charge in [0.25, 0.3) is 0 Å². The van der Waals surface area contributed by atoms with Crippen LogP contribution in [0.2, 0.25) is 0 Å². The van der Waals surface area contributed by atoms with Crippen LogP contribution in [0.15, 0.2) is 36.9 Å². The largest absolute Gasteiger partial charge is 0.489 e. The fourth-order valence-corrected chi connectivity index (χ4v) is 2.28. The molecular formula is C15H21NO. The van der Waals surface area contributed by atoms with Gasteiger partial charge in [0.15, 0.2) is 0 Å². The maximum Gasteiger partial charge on any atom is 0.124 e. The van der Waals surface area contributed by atoms with Gasteiger partial charge in [-0.3, -0.25) is 4.90 Å². The zero-order valence-electron chi connectivity index (χ0n) is 10.4. The average molecular weight is 231 g/mol. The molecule has 1 aromatic carbocycles. The summed E-state index contributed by atoms with van der Waals surface area (Å²) in [6.07, 6.45) is 5.83. The smallest absolute Gasteiger partial charge is 0.124 e. The maximum atomic E-state index is 5.68. The predicted octanol–water partition coefficient (Wildman–Crippen LogP) is 3.24. The lowest BCUT2D eigenvalue weighted by Gasteiger charge is -2.27. The monoisotopic (exact) mass is 231 g/mol. The topological polar surface area (TPSA) is 12.5 Å². The van der Waals surface area contributed by atoms with E-state index >= 15 is 0 Å². The molecule has 0 atom stereocenters. The van der Waals surface area contributed by atoms with Gasteiger partial charge in [0.1, 0.15) is 12.4 Å². The van der Waals surface area contributed by atoms with Crippen LogP contribution < -0.4 is 4.74 Å². The van der Waals surface area contributed by atoms with Gasteiger partial charge >= 0.3 is 0 Å². The highest BCUT2D eigenvalue weighted by molar-refractivity contribution is 5.33. The van der Waals surface area contributed by atoms with Crippen molar-refractivity contribution in [3.63, 3.8) is 0 Å². The van der Waals surface area contributed by atoms with E-state index < -0.39 is 0 Å². The van der Waals surface area contributed by atoms with Crippen LogP contribution in [0.25, 0.3) is 0 Å². The summed E-state index contributed by atoms with van der Waals surface area (Å²) in [6, 6.07) is 8.31. The van der Waals surface area contributed by atoms with Crippen LogP contribution >= 0.6 is 0 Å². The van der Waals surface area contributed by atoms with Crippen LogP contribution in [-0.2, 0) is 6.54 Å². The highest BCUT2D eigenvalue weighted by Gasteiger charge is 2.12. The Morgan fingerprint density at radius 3 is 2.71 bits per heavy atom. The number of rotatable bonds is 5. The summed E-state index contributed by atoms with van der Waals surface area (Å²) in [5.74, 6) is 0.998. The van der Waals surface area contributed by atoms with Crippen LogP contribution in [0.4, 0.5) is 0 Å². The first-order valence-electron chi connectivity index (χ1n) is 6.44. The lowest BCUT2D eigenvalue weighted by Crippen LogP contribution is -2.29. The molecule has 0 spiro atoms. The first-order valence-corrected chi connectivity index (χ1v) is 6.44. The number of likely N-dealkylation sites (tertiary alicyclic amines) is 1. The van der Waals surface area contributed by atoms with E-state index in [2.05, 4.69) is 23.6 Å². The summed E-state index contributed by atoms with van der Waals surface area (Å²) in [7, 11) is 0. The molecule has 2 rings (SSSR count). The summed E-state index contributed by atoms with van der Waals surface area (Å²) in [4.78, 5) is 2.51. The number of hydrogen-bond acceptors (Lipinski definition) is 2. The molecule has 2 heteroatoms. The molecule has 1 fully saturated rings. The van der Waals surface area contributed by atoms with Gasteiger partial charge < -0.3 is 4.74 Å². The molecule has 92 valence electrons. The van der Waals surface area contributed by atoms with Crippen molar-refractivity contribution in [1.29, 1.82) is 0 Å². The van der Waals surface area contributed by atoms with Crippen LogP contribution in [0, 0.1) is 0 Å². The zero-order valence-corrected chi connectivity index (χ0v) is 10.4. The minimum absolute atomic E-state index is 0.580. The van der Waals surface area contributed by atoms with E-state index in [1.54, 1.807) is 6.08 Å². The van der Waals surface area contributed by atoms with Crippen LogP contribution in [0.1, 0.15) is 24.8 Å². The predicted molar refractivity (Wildman–Crippen MR) is 71.3 cm³/mol. The second kappa shape index (κ2) is 6.45. The lowest BCUT2D eigenvalue weighted by atomic mass is 10.1. The Labute approximate surface area is 104 Å². The first kappa shape index (κ1) is 12.2. The highest BCUT2D eigenvalue weighted by Crippen LogP contribution is 2.21. The molecule has 0 amide bonds. The molecule has 0 bridgehead atoms. The minimum Gasteiger partial charge on any atom is -0.489 e. The van der Waals surface area contributed by atoms with Crippen LogP contribution in [0.5, 0.6) is 5.75 Å². The molecule has 0 saturated carbocycles. The van der Waals surface area contributed by atoms with E-state index in [0.29, 0.717) is 6.61 Å². The number of hydrogen-bond donors (Lipinski definition) is 0. The average Bonchev–Trinajstić information content (AvgIpc) is 2.39. The Morgan fingerprint density at radius 1 is 1.18 bits per heavy atom. The molecule has 0 aromatic heterocycles. The molecule has 1 saturated heterocycles. The highest BCUT2D eigenvalue weighted by atomic mass is 16.5. The van der Waals surface area contributed by atoms with Crippen molar-refractivity contribution in [3.05, 3.63) is 42.5 Å². The Kier molecular flexibility index (Phi) is 4.63. The molecule has 1 aliphatic rings. The van der Waals surface area contributed by atoms with Crippen molar-refractivity contribution in [2.24, 2.45) is 0 Å². The third-order valence-electron chi connectivity index (χ3n) is 3.17. The van der Waals surface area contributed by atoms with Gasteiger partial charge in [-0.1, -0.05) is 37.3 Å². The second-order valence-corrected chi connectivity index (χ2v) is 4.54. The maximum absolute atomic E-state index is 5.68. The molecular weight excluding hydrogens is 210 g/mol. The molecule has 17 heavy (non-hydrogen) atoms. The Bertz CT molecular complexity index is 356. The number of nitrogens with zero attached hydrogens (tertiary/aromatic N) is 1. The van der Waals surface area contributed by atoms with Crippen LogP contribution in [-0.4, -0.2) is 24.6 Å². The fraction of sp³-hybridized carbons (Fsp3) is 0.467. The van der Waals surface area contributed by atoms with E-state index in [-0.39, 0.29) is 0 Å². The van der Waals surface area contributed by atoms with Crippen molar-refractivity contribution in [2.75, 3.05) is 19.7 Å². The van der Waals surface area contributed by atoms with Crippen molar-refractivity contribution in [2.45, 2.75) is 25.8 Å². The molecule has 0 aliphatic carbocycles. The van der Waals surface area contributed by atoms with Gasteiger partial charge in [-0.25, -0.2) is 0 Å². The SMILES string of the molecule is C=CCOc1ccccc1CN1CCCCC1. The van der Waals surface area contributed by atoms with Gasteiger partial charge in [-0.05, 0) is 32.0 Å². The van der Waals surface area contributed by atoms with E-state index in [9.17, 15) is 0 Å². The van der Waals surface area contributed by atoms with Crippen molar-refractivity contribution < 1.29 is 4.74 Å². The fourth-order valence-electron chi connectivity index (χ4n) is 2.28. The summed E-state index contributed by atoms with van der Waals surface area (Å²) in [5, 5.41) is 0. The van der Waals surface area contributed by atoms with Gasteiger partial charge in [0, 0.05) is 12.1 Å². The standard InChI is InChI=1S/C15H21NO/c1-2-12-17-15-9-5-4-8-14(15)13-16-10-6-3-7-11-16/h2,4-5,8-9H,1,3,6-7,10-13H2. The Morgan fingerprint density at radius 2 is 1.94 bits per heavy atom. The number of para-hydroxylation sites is 1.